The average molecular weight is 317 g/mol. The number of aromatic nitrogens is 4. The van der Waals surface area contributed by atoms with E-state index in [0.29, 0.717) is 22.6 Å². The highest BCUT2D eigenvalue weighted by molar-refractivity contribution is 8.01. The molecule has 108 valence electrons. The minimum absolute atomic E-state index is 0.188. The molecule has 0 saturated heterocycles. The molecule has 0 radical (unpaired) electrons. The van der Waals surface area contributed by atoms with Crippen LogP contribution >= 0.6 is 23.1 Å². The number of hydrogen-bond donors (Lipinski definition) is 2. The lowest BCUT2D eigenvalue weighted by atomic mass is 10.6. The normalized spacial score (nSPS) is 10.7. The molecule has 0 saturated carbocycles. The van der Waals surface area contributed by atoms with E-state index in [0.717, 1.165) is 0 Å². The Morgan fingerprint density at radius 3 is 3.20 bits per heavy atom. The molecule has 0 fully saturated rings. The molecule has 2 aromatic heterocycles. The summed E-state index contributed by atoms with van der Waals surface area (Å²) in [4.78, 5) is 11.7. The fraction of sp³-hybridized carbons (Fsp3) is 0.444. The standard InChI is InChI=1S/C9H12N6O3S2/c1-17-3-2-15-4-7(18-14-15)11-6(16)5-19-9-13-12-8(10)20-9/h4H,2-3,5H2,1H3,(H2-,10,11,12,14,16)/p+1. The molecule has 2 rings (SSSR count). The SMILES string of the molecule is COCC[n+]1cc(NC(=O)CSc2nnc(N)s2)on1. The molecule has 0 bridgehead atoms. The Kier molecular flexibility index (Phi) is 5.26. The molecule has 0 unspecified atom stereocenters. The number of anilines is 2. The summed E-state index contributed by atoms with van der Waals surface area (Å²) >= 11 is 2.49. The second-order valence-electron chi connectivity index (χ2n) is 3.57. The number of nitrogens with one attached hydrogen (secondary N) is 1. The third kappa shape index (κ3) is 4.43. The van der Waals surface area contributed by atoms with Crippen molar-refractivity contribution in [3.8, 4) is 0 Å². The number of nitrogens with zero attached hydrogens (tertiary/aromatic N) is 4. The lowest BCUT2D eigenvalue weighted by molar-refractivity contribution is -0.763. The molecule has 2 heterocycles. The van der Waals surface area contributed by atoms with Crippen molar-refractivity contribution in [2.75, 3.05) is 30.5 Å². The number of nitrogen functional groups attached to an aromatic ring is 1. The molecule has 0 aliphatic rings. The molecule has 0 aliphatic carbocycles. The monoisotopic (exact) mass is 317 g/mol. The van der Waals surface area contributed by atoms with E-state index in [9.17, 15) is 4.79 Å². The third-order valence-electron chi connectivity index (χ3n) is 2.05. The van der Waals surface area contributed by atoms with Gasteiger partial charge in [0.05, 0.1) is 5.75 Å². The van der Waals surface area contributed by atoms with Crippen molar-refractivity contribution in [1.29, 1.82) is 0 Å². The van der Waals surface area contributed by atoms with Gasteiger partial charge in [0.25, 0.3) is 6.20 Å². The smallest absolute Gasteiger partial charge is 0.302 e. The van der Waals surface area contributed by atoms with Crippen LogP contribution in [0, 0.1) is 0 Å². The van der Waals surface area contributed by atoms with Gasteiger partial charge in [0.1, 0.15) is 6.61 Å². The van der Waals surface area contributed by atoms with Crippen LogP contribution in [0.2, 0.25) is 0 Å². The molecule has 0 spiro atoms. The Hall–Kier alpha value is -1.72. The van der Waals surface area contributed by atoms with E-state index >= 15 is 0 Å². The zero-order valence-corrected chi connectivity index (χ0v) is 12.2. The van der Waals surface area contributed by atoms with Crippen molar-refractivity contribution in [2.24, 2.45) is 0 Å². The van der Waals surface area contributed by atoms with Gasteiger partial charge in [-0.15, -0.1) is 10.2 Å². The van der Waals surface area contributed by atoms with Crippen molar-refractivity contribution in [2.45, 2.75) is 10.9 Å². The molecular formula is C9H13N6O3S2+. The van der Waals surface area contributed by atoms with Crippen molar-refractivity contribution < 1.29 is 18.7 Å². The highest BCUT2D eigenvalue weighted by atomic mass is 32.2. The summed E-state index contributed by atoms with van der Waals surface area (Å²) in [7, 11) is 1.60. The number of ether oxygens (including phenoxy) is 1. The van der Waals surface area contributed by atoms with Gasteiger partial charge < -0.3 is 10.5 Å². The van der Waals surface area contributed by atoms with Crippen LogP contribution in [0.5, 0.6) is 0 Å². The van der Waals surface area contributed by atoms with E-state index in [1.807, 2.05) is 0 Å². The first-order valence-corrected chi connectivity index (χ1v) is 7.34. The van der Waals surface area contributed by atoms with Crippen LogP contribution in [0.15, 0.2) is 15.1 Å². The Balaban J connectivity index is 1.77. The topological polar surface area (TPSA) is 120 Å². The van der Waals surface area contributed by atoms with Crippen LogP contribution in [0.25, 0.3) is 0 Å². The van der Waals surface area contributed by atoms with Gasteiger partial charge in [-0.05, 0) is 4.68 Å². The summed E-state index contributed by atoms with van der Waals surface area (Å²) in [6, 6.07) is 0. The quantitative estimate of drug-likeness (QED) is 0.531. The summed E-state index contributed by atoms with van der Waals surface area (Å²) in [5.74, 6) is 0.246. The number of rotatable bonds is 7. The maximum atomic E-state index is 11.7. The Bertz CT molecular complexity index is 572. The van der Waals surface area contributed by atoms with Crippen molar-refractivity contribution in [1.82, 2.24) is 15.5 Å². The van der Waals surface area contributed by atoms with Crippen LogP contribution < -0.4 is 15.7 Å². The number of carbonyl (C=O) groups excluding carboxylic acids is 1. The van der Waals surface area contributed by atoms with Crippen LogP contribution in [-0.2, 0) is 16.1 Å². The second kappa shape index (κ2) is 7.17. The molecule has 0 aliphatic heterocycles. The zero-order chi connectivity index (χ0) is 14.4. The van der Waals surface area contributed by atoms with E-state index in [4.69, 9.17) is 15.0 Å². The van der Waals surface area contributed by atoms with Gasteiger partial charge in [-0.1, -0.05) is 23.1 Å². The largest absolute Gasteiger partial charge is 0.378 e. The summed E-state index contributed by atoms with van der Waals surface area (Å²) in [5, 5.41) is 14.2. The number of amides is 1. The lowest BCUT2D eigenvalue weighted by Gasteiger charge is -1.96. The van der Waals surface area contributed by atoms with Crippen molar-refractivity contribution in [3.05, 3.63) is 6.20 Å². The third-order valence-corrected chi connectivity index (χ3v) is 3.93. The molecule has 2 aromatic rings. The summed E-state index contributed by atoms with van der Waals surface area (Å²) in [6.07, 6.45) is 1.59. The van der Waals surface area contributed by atoms with E-state index in [2.05, 4.69) is 20.8 Å². The molecule has 9 nitrogen and oxygen atoms in total. The number of methoxy groups -OCH3 is 1. The first-order chi connectivity index (χ1) is 9.67. The fourth-order valence-electron chi connectivity index (χ4n) is 1.20. The number of thioether (sulfide) groups is 1. The van der Waals surface area contributed by atoms with Gasteiger partial charge >= 0.3 is 5.88 Å². The molecular weight excluding hydrogens is 304 g/mol. The van der Waals surface area contributed by atoms with Gasteiger partial charge in [0.15, 0.2) is 4.34 Å². The van der Waals surface area contributed by atoms with Crippen LogP contribution in [0.3, 0.4) is 0 Å². The molecule has 3 N–H and O–H groups in total. The van der Waals surface area contributed by atoms with E-state index in [-0.39, 0.29) is 17.5 Å². The van der Waals surface area contributed by atoms with E-state index in [1.165, 1.54) is 27.8 Å². The van der Waals surface area contributed by atoms with Crippen LogP contribution in [-0.4, -0.2) is 40.8 Å². The Morgan fingerprint density at radius 2 is 2.50 bits per heavy atom. The minimum Gasteiger partial charge on any atom is -0.378 e. The Labute approximate surface area is 122 Å². The maximum Gasteiger partial charge on any atom is 0.302 e. The summed E-state index contributed by atoms with van der Waals surface area (Å²) in [5.41, 5.74) is 5.45. The first kappa shape index (κ1) is 14.7. The molecule has 0 atom stereocenters. The number of nitrogens with two attached hydrogens (primary N) is 1. The van der Waals surface area contributed by atoms with Gasteiger partial charge in [-0.25, -0.2) is 0 Å². The Morgan fingerprint density at radius 1 is 1.65 bits per heavy atom. The molecule has 1 amide bonds. The zero-order valence-electron chi connectivity index (χ0n) is 10.6. The average Bonchev–Trinajstić information content (AvgIpc) is 3.03. The first-order valence-electron chi connectivity index (χ1n) is 5.54. The minimum atomic E-state index is -0.223. The molecule has 20 heavy (non-hydrogen) atoms. The maximum absolute atomic E-state index is 11.7. The summed E-state index contributed by atoms with van der Waals surface area (Å²) < 4.78 is 12.1. The fourth-order valence-corrected chi connectivity index (χ4v) is 2.64. The lowest BCUT2D eigenvalue weighted by Crippen LogP contribution is -2.36. The van der Waals surface area contributed by atoms with Gasteiger partial charge in [-0.3, -0.25) is 14.6 Å². The van der Waals surface area contributed by atoms with Gasteiger partial charge in [0.2, 0.25) is 22.9 Å². The van der Waals surface area contributed by atoms with E-state index in [1.54, 1.807) is 13.3 Å². The van der Waals surface area contributed by atoms with Crippen LogP contribution in [0.4, 0.5) is 11.0 Å². The highest BCUT2D eigenvalue weighted by Crippen LogP contribution is 2.23. The van der Waals surface area contributed by atoms with Crippen molar-refractivity contribution >= 4 is 40.0 Å². The van der Waals surface area contributed by atoms with Crippen LogP contribution in [0.1, 0.15) is 0 Å². The molecule has 11 heteroatoms. The second-order valence-corrected chi connectivity index (χ2v) is 5.80. The highest BCUT2D eigenvalue weighted by Gasteiger charge is 2.14. The predicted molar refractivity (Wildman–Crippen MR) is 72.2 cm³/mol. The number of carbonyl (C=O) groups is 1. The van der Waals surface area contributed by atoms with Gasteiger partial charge in [0, 0.05) is 7.11 Å². The van der Waals surface area contributed by atoms with E-state index < -0.39 is 0 Å². The van der Waals surface area contributed by atoms with Crippen molar-refractivity contribution in [3.63, 3.8) is 0 Å². The molecule has 0 aromatic carbocycles. The number of hydrogen-bond acceptors (Lipinski definition) is 9. The van der Waals surface area contributed by atoms with Gasteiger partial charge in [-0.2, -0.15) is 0 Å². The predicted octanol–water partition coefficient (Wildman–Crippen LogP) is -0.227. The summed E-state index contributed by atoms with van der Waals surface area (Å²) in [6.45, 7) is 1.06.